The number of amides is 2. The highest BCUT2D eigenvalue weighted by molar-refractivity contribution is 6.33. The molecule has 4 N–H and O–H groups in total. The van der Waals surface area contributed by atoms with Crippen molar-refractivity contribution >= 4 is 29.1 Å². The van der Waals surface area contributed by atoms with Crippen molar-refractivity contribution in [2.45, 2.75) is 25.3 Å². The topological polar surface area (TPSA) is 84.2 Å². The number of hydrogen-bond donors (Lipinski definition) is 3. The van der Waals surface area contributed by atoms with Gasteiger partial charge in [0, 0.05) is 18.2 Å². The zero-order chi connectivity index (χ0) is 13.8. The van der Waals surface area contributed by atoms with E-state index in [0.717, 1.165) is 19.4 Å². The molecule has 102 valence electrons. The van der Waals surface area contributed by atoms with Gasteiger partial charge in [0.2, 0.25) is 11.8 Å². The highest BCUT2D eigenvalue weighted by atomic mass is 35.5. The number of carbonyl (C=O) groups excluding carboxylic acids is 2. The Hall–Kier alpha value is -1.59. The summed E-state index contributed by atoms with van der Waals surface area (Å²) in [6.07, 6.45) is 2.54. The second-order valence-electron chi connectivity index (χ2n) is 4.60. The first kappa shape index (κ1) is 13.8. The van der Waals surface area contributed by atoms with E-state index in [0.29, 0.717) is 12.1 Å². The molecule has 2 amide bonds. The van der Waals surface area contributed by atoms with Gasteiger partial charge in [-0.15, -0.1) is 0 Å². The van der Waals surface area contributed by atoms with E-state index in [2.05, 4.69) is 10.6 Å². The average molecular weight is 282 g/mol. The molecule has 0 saturated carbocycles. The largest absolute Gasteiger partial charge is 0.366 e. The van der Waals surface area contributed by atoms with Crippen molar-refractivity contribution in [3.8, 4) is 0 Å². The van der Waals surface area contributed by atoms with E-state index in [1.165, 1.54) is 6.07 Å². The highest BCUT2D eigenvalue weighted by Crippen LogP contribution is 2.20. The molecule has 1 aromatic carbocycles. The molecule has 1 saturated heterocycles. The zero-order valence-corrected chi connectivity index (χ0v) is 11.2. The molecule has 1 unspecified atom stereocenters. The third kappa shape index (κ3) is 3.68. The molecule has 1 fully saturated rings. The molecular formula is C13H16ClN3O2. The predicted octanol–water partition coefficient (Wildman–Crippen LogP) is 1.52. The summed E-state index contributed by atoms with van der Waals surface area (Å²) in [5.74, 6) is -0.698. The molecule has 1 aliphatic rings. The predicted molar refractivity (Wildman–Crippen MR) is 74.2 cm³/mol. The Morgan fingerprint density at radius 1 is 1.47 bits per heavy atom. The van der Waals surface area contributed by atoms with Crippen LogP contribution in [0.25, 0.3) is 0 Å². The maximum atomic E-state index is 11.8. The summed E-state index contributed by atoms with van der Waals surface area (Å²) in [5, 5.41) is 6.28. The third-order valence-electron chi connectivity index (χ3n) is 3.11. The summed E-state index contributed by atoms with van der Waals surface area (Å²) in [7, 11) is 0. The fraction of sp³-hybridized carbons (Fsp3) is 0.385. The van der Waals surface area contributed by atoms with Gasteiger partial charge in [-0.2, -0.15) is 0 Å². The molecular weight excluding hydrogens is 266 g/mol. The first-order valence-corrected chi connectivity index (χ1v) is 6.56. The van der Waals surface area contributed by atoms with Gasteiger partial charge in [-0.25, -0.2) is 0 Å². The van der Waals surface area contributed by atoms with E-state index in [1.54, 1.807) is 12.1 Å². The van der Waals surface area contributed by atoms with Gasteiger partial charge in [-0.3, -0.25) is 9.59 Å². The van der Waals surface area contributed by atoms with E-state index >= 15 is 0 Å². The lowest BCUT2D eigenvalue weighted by Gasteiger charge is -2.11. The molecule has 19 heavy (non-hydrogen) atoms. The quantitative estimate of drug-likeness (QED) is 0.782. The number of hydrogen-bond acceptors (Lipinski definition) is 3. The molecule has 0 radical (unpaired) electrons. The van der Waals surface area contributed by atoms with Gasteiger partial charge in [0.25, 0.3) is 0 Å². The van der Waals surface area contributed by atoms with Crippen LogP contribution in [0.3, 0.4) is 0 Å². The van der Waals surface area contributed by atoms with Crippen LogP contribution < -0.4 is 16.4 Å². The lowest BCUT2D eigenvalue weighted by molar-refractivity contribution is -0.116. The van der Waals surface area contributed by atoms with Crippen molar-refractivity contribution in [1.82, 2.24) is 5.32 Å². The second kappa shape index (κ2) is 6.04. The normalized spacial score (nSPS) is 18.3. The monoisotopic (exact) mass is 281 g/mol. The number of halogens is 1. The zero-order valence-electron chi connectivity index (χ0n) is 10.4. The van der Waals surface area contributed by atoms with Gasteiger partial charge in [0.1, 0.15) is 0 Å². The van der Waals surface area contributed by atoms with Crippen molar-refractivity contribution in [2.75, 3.05) is 11.9 Å². The van der Waals surface area contributed by atoms with Crippen LogP contribution in [0.15, 0.2) is 18.2 Å². The number of primary amides is 1. The summed E-state index contributed by atoms with van der Waals surface area (Å²) in [6.45, 7) is 0.963. The van der Waals surface area contributed by atoms with E-state index in [4.69, 9.17) is 17.3 Å². The summed E-state index contributed by atoms with van der Waals surface area (Å²) >= 11 is 5.84. The summed E-state index contributed by atoms with van der Waals surface area (Å²) in [4.78, 5) is 23.0. The van der Waals surface area contributed by atoms with Crippen LogP contribution in [0.1, 0.15) is 29.6 Å². The van der Waals surface area contributed by atoms with Gasteiger partial charge in [0.15, 0.2) is 0 Å². The Bertz CT molecular complexity index is 499. The Morgan fingerprint density at radius 3 is 2.89 bits per heavy atom. The Morgan fingerprint density at radius 2 is 2.26 bits per heavy atom. The standard InChI is InChI=1S/C13H16ClN3O2/c14-11-4-3-9(6-10(11)13(15)19)17-12(18)7-8-2-1-5-16-8/h3-4,6,8,16H,1-2,5,7H2,(H2,15,19)(H,17,18). The van der Waals surface area contributed by atoms with Gasteiger partial charge < -0.3 is 16.4 Å². The molecule has 5 nitrogen and oxygen atoms in total. The van der Waals surface area contributed by atoms with Gasteiger partial charge >= 0.3 is 0 Å². The van der Waals surface area contributed by atoms with Gasteiger partial charge in [0.05, 0.1) is 10.6 Å². The first-order valence-electron chi connectivity index (χ1n) is 6.19. The third-order valence-corrected chi connectivity index (χ3v) is 3.44. The number of rotatable bonds is 4. The number of benzene rings is 1. The summed E-state index contributed by atoms with van der Waals surface area (Å²) in [5.41, 5.74) is 5.94. The molecule has 1 atom stereocenters. The van der Waals surface area contributed by atoms with Crippen molar-refractivity contribution in [3.63, 3.8) is 0 Å². The molecule has 0 aliphatic carbocycles. The smallest absolute Gasteiger partial charge is 0.250 e. The van der Waals surface area contributed by atoms with Crippen LogP contribution in [0.5, 0.6) is 0 Å². The molecule has 2 rings (SSSR count). The molecule has 0 aromatic heterocycles. The van der Waals surface area contributed by atoms with E-state index in [-0.39, 0.29) is 22.5 Å². The molecule has 0 spiro atoms. The fourth-order valence-corrected chi connectivity index (χ4v) is 2.37. The summed E-state index contributed by atoms with van der Waals surface area (Å²) in [6, 6.07) is 4.92. The Labute approximate surface area is 116 Å². The molecule has 0 bridgehead atoms. The molecule has 1 aliphatic heterocycles. The minimum absolute atomic E-state index is 0.0860. The Kier molecular flexibility index (Phi) is 4.39. The van der Waals surface area contributed by atoms with Crippen molar-refractivity contribution in [3.05, 3.63) is 28.8 Å². The number of nitrogens with one attached hydrogen (secondary N) is 2. The average Bonchev–Trinajstić information content (AvgIpc) is 2.84. The number of nitrogens with two attached hydrogens (primary N) is 1. The van der Waals surface area contributed by atoms with Gasteiger partial charge in [-0.1, -0.05) is 11.6 Å². The summed E-state index contributed by atoms with van der Waals surface area (Å²) < 4.78 is 0. The maximum absolute atomic E-state index is 11.8. The SMILES string of the molecule is NC(=O)c1cc(NC(=O)CC2CCCN2)ccc1Cl. The first-order chi connectivity index (χ1) is 9.06. The lowest BCUT2D eigenvalue weighted by Crippen LogP contribution is -2.27. The molecule has 6 heteroatoms. The van der Waals surface area contributed by atoms with Crippen LogP contribution in [-0.2, 0) is 4.79 Å². The van der Waals surface area contributed by atoms with Crippen LogP contribution in [0, 0.1) is 0 Å². The lowest BCUT2D eigenvalue weighted by atomic mass is 10.1. The molecule has 1 aromatic rings. The fourth-order valence-electron chi connectivity index (χ4n) is 2.16. The maximum Gasteiger partial charge on any atom is 0.250 e. The number of carbonyl (C=O) groups is 2. The van der Waals surface area contributed by atoms with Crippen molar-refractivity contribution < 1.29 is 9.59 Å². The van der Waals surface area contributed by atoms with E-state index < -0.39 is 5.91 Å². The van der Waals surface area contributed by atoms with E-state index in [9.17, 15) is 9.59 Å². The Balaban J connectivity index is 2.00. The molecule has 1 heterocycles. The minimum Gasteiger partial charge on any atom is -0.366 e. The van der Waals surface area contributed by atoms with E-state index in [1.807, 2.05) is 0 Å². The second-order valence-corrected chi connectivity index (χ2v) is 5.01. The highest BCUT2D eigenvalue weighted by Gasteiger charge is 2.18. The van der Waals surface area contributed by atoms with Gasteiger partial charge in [-0.05, 0) is 37.6 Å². The number of anilines is 1. The van der Waals surface area contributed by atoms with Crippen LogP contribution >= 0.6 is 11.6 Å². The van der Waals surface area contributed by atoms with Crippen LogP contribution in [-0.4, -0.2) is 24.4 Å². The van der Waals surface area contributed by atoms with Crippen LogP contribution in [0.2, 0.25) is 5.02 Å². The minimum atomic E-state index is -0.612. The van der Waals surface area contributed by atoms with Crippen molar-refractivity contribution in [2.24, 2.45) is 5.73 Å². The van der Waals surface area contributed by atoms with Crippen LogP contribution in [0.4, 0.5) is 5.69 Å². The van der Waals surface area contributed by atoms with Crippen molar-refractivity contribution in [1.29, 1.82) is 0 Å².